The summed E-state index contributed by atoms with van der Waals surface area (Å²) in [7, 11) is -3.41. The minimum atomic E-state index is -3.41. The van der Waals surface area contributed by atoms with Gasteiger partial charge in [-0.3, -0.25) is 9.10 Å². The van der Waals surface area contributed by atoms with Gasteiger partial charge in [0.15, 0.2) is 0 Å². The van der Waals surface area contributed by atoms with E-state index in [1.807, 2.05) is 37.3 Å². The first kappa shape index (κ1) is 27.4. The van der Waals surface area contributed by atoms with E-state index in [0.29, 0.717) is 55.6 Å². The number of hydrogen-bond acceptors (Lipinski definition) is 6. The van der Waals surface area contributed by atoms with Crippen molar-refractivity contribution in [2.45, 2.75) is 70.1 Å². The van der Waals surface area contributed by atoms with Gasteiger partial charge in [-0.05, 0) is 50.3 Å². The number of nitrogens with one attached hydrogen (secondary N) is 2. The highest BCUT2D eigenvalue weighted by Crippen LogP contribution is 2.29. The fraction of sp³-hybridized carbons (Fsp3) is 0.536. The summed E-state index contributed by atoms with van der Waals surface area (Å²) < 4.78 is 32.1. The first-order valence-electron chi connectivity index (χ1n) is 13.4. The second kappa shape index (κ2) is 12.8. The number of benzene rings is 2. The molecule has 3 N–H and O–H groups in total. The summed E-state index contributed by atoms with van der Waals surface area (Å²) in [6, 6.07) is 14.5. The lowest BCUT2D eigenvalue weighted by Crippen LogP contribution is -2.50. The lowest BCUT2D eigenvalue weighted by Gasteiger charge is -2.28. The summed E-state index contributed by atoms with van der Waals surface area (Å²) in [6.07, 6.45) is 6.09. The Labute approximate surface area is 220 Å². The molecule has 8 nitrogen and oxygen atoms in total. The summed E-state index contributed by atoms with van der Waals surface area (Å²) >= 11 is 0. The van der Waals surface area contributed by atoms with Gasteiger partial charge in [-0.1, -0.05) is 49.6 Å². The van der Waals surface area contributed by atoms with Crippen LogP contribution in [0, 0.1) is 0 Å². The fourth-order valence-corrected chi connectivity index (χ4v) is 6.73. The standard InChI is InChI=1S/C28H39N3O5S/c1-2-36-25-18-22(17-24(19-25)31-14-9-15-37(31,34)35)28(33)30-26(16-21-10-5-3-6-11-21)27(32)20-29-23-12-7-4-8-13-23/h3,5-6,10-11,17-19,23,26-27,29,32H,2,4,7-9,12-16,20H2,1H3,(H,30,33)/t26-,27+/m0/s1. The maximum Gasteiger partial charge on any atom is 0.251 e. The number of hydrogen-bond donors (Lipinski definition) is 3. The van der Waals surface area contributed by atoms with Crippen LogP contribution < -0.4 is 19.7 Å². The van der Waals surface area contributed by atoms with Crippen LogP contribution in [-0.2, 0) is 16.4 Å². The minimum absolute atomic E-state index is 0.0900. The molecule has 2 aromatic carbocycles. The first-order valence-corrected chi connectivity index (χ1v) is 15.0. The van der Waals surface area contributed by atoms with Crippen molar-refractivity contribution in [3.05, 3.63) is 59.7 Å². The van der Waals surface area contributed by atoms with E-state index < -0.39 is 22.2 Å². The van der Waals surface area contributed by atoms with Gasteiger partial charge in [0.1, 0.15) is 5.75 Å². The SMILES string of the molecule is CCOc1cc(C(=O)N[C@@H](Cc2ccccc2)[C@H](O)CNC2CCCCC2)cc(N2CCCS2(=O)=O)c1. The molecular formula is C28H39N3O5S. The molecule has 2 aliphatic rings. The second-order valence-corrected chi connectivity index (χ2v) is 12.0. The summed E-state index contributed by atoms with van der Waals surface area (Å²) in [4.78, 5) is 13.5. The molecule has 9 heteroatoms. The Morgan fingerprint density at radius 3 is 2.54 bits per heavy atom. The van der Waals surface area contributed by atoms with Gasteiger partial charge in [-0.25, -0.2) is 8.42 Å². The lowest BCUT2D eigenvalue weighted by molar-refractivity contribution is 0.0820. The highest BCUT2D eigenvalue weighted by molar-refractivity contribution is 7.93. The number of carbonyl (C=O) groups is 1. The zero-order chi connectivity index (χ0) is 26.3. The van der Waals surface area contributed by atoms with Gasteiger partial charge < -0.3 is 20.5 Å². The number of aliphatic hydroxyl groups excluding tert-OH is 1. The van der Waals surface area contributed by atoms with Crippen LogP contribution in [0.2, 0.25) is 0 Å². The van der Waals surface area contributed by atoms with E-state index in [4.69, 9.17) is 4.74 Å². The number of amides is 1. The molecule has 0 spiro atoms. The maximum absolute atomic E-state index is 13.5. The third-order valence-corrected chi connectivity index (χ3v) is 9.02. The van der Waals surface area contributed by atoms with Crippen LogP contribution in [0.1, 0.15) is 61.4 Å². The van der Waals surface area contributed by atoms with Crippen molar-refractivity contribution in [2.75, 3.05) is 29.8 Å². The molecule has 0 bridgehead atoms. The predicted octanol–water partition coefficient (Wildman–Crippen LogP) is 3.25. The number of nitrogens with zero attached hydrogens (tertiary/aromatic N) is 1. The Morgan fingerprint density at radius 1 is 1.11 bits per heavy atom. The molecule has 2 fully saturated rings. The van der Waals surface area contributed by atoms with Crippen molar-refractivity contribution < 1.29 is 23.1 Å². The molecule has 4 rings (SSSR count). The van der Waals surface area contributed by atoms with E-state index >= 15 is 0 Å². The topological polar surface area (TPSA) is 108 Å². The monoisotopic (exact) mass is 529 g/mol. The van der Waals surface area contributed by atoms with E-state index in [9.17, 15) is 18.3 Å². The summed E-state index contributed by atoms with van der Waals surface area (Å²) in [6.45, 7) is 2.99. The van der Waals surface area contributed by atoms with E-state index in [0.717, 1.165) is 18.4 Å². The van der Waals surface area contributed by atoms with Crippen molar-refractivity contribution in [2.24, 2.45) is 0 Å². The highest BCUT2D eigenvalue weighted by atomic mass is 32.2. The Hall–Kier alpha value is -2.62. The zero-order valence-electron chi connectivity index (χ0n) is 21.6. The number of carbonyl (C=O) groups excluding carboxylic acids is 1. The number of sulfonamides is 1. The molecule has 0 unspecified atom stereocenters. The average Bonchev–Trinajstić information content (AvgIpc) is 3.27. The molecule has 2 aromatic rings. The molecule has 1 saturated carbocycles. The smallest absolute Gasteiger partial charge is 0.251 e. The van der Waals surface area contributed by atoms with Gasteiger partial charge in [-0.15, -0.1) is 0 Å². The van der Waals surface area contributed by atoms with Gasteiger partial charge in [-0.2, -0.15) is 0 Å². The van der Waals surface area contributed by atoms with Crippen molar-refractivity contribution >= 4 is 21.6 Å². The van der Waals surface area contributed by atoms with Crippen molar-refractivity contribution in [3.63, 3.8) is 0 Å². The van der Waals surface area contributed by atoms with E-state index in [1.165, 1.54) is 23.6 Å². The average molecular weight is 530 g/mol. The molecule has 0 aromatic heterocycles. The minimum Gasteiger partial charge on any atom is -0.494 e. The van der Waals surface area contributed by atoms with E-state index in [2.05, 4.69) is 10.6 Å². The Morgan fingerprint density at radius 2 is 1.86 bits per heavy atom. The normalized spacial score (nSPS) is 19.4. The van der Waals surface area contributed by atoms with Gasteiger partial charge in [0.05, 0.1) is 30.2 Å². The lowest BCUT2D eigenvalue weighted by atomic mass is 9.95. The van der Waals surface area contributed by atoms with Gasteiger partial charge in [0.2, 0.25) is 10.0 Å². The van der Waals surface area contributed by atoms with E-state index in [1.54, 1.807) is 18.2 Å². The summed E-state index contributed by atoms with van der Waals surface area (Å²) in [5.41, 5.74) is 1.73. The van der Waals surface area contributed by atoms with Crippen LogP contribution >= 0.6 is 0 Å². The van der Waals surface area contributed by atoms with Crippen molar-refractivity contribution in [3.8, 4) is 5.75 Å². The summed E-state index contributed by atoms with van der Waals surface area (Å²) in [5.74, 6) is 0.149. The van der Waals surface area contributed by atoms with Crippen LogP contribution in [-0.4, -0.2) is 63.1 Å². The first-order chi connectivity index (χ1) is 17.9. The van der Waals surface area contributed by atoms with Gasteiger partial charge in [0, 0.05) is 30.8 Å². The van der Waals surface area contributed by atoms with Crippen LogP contribution in [0.3, 0.4) is 0 Å². The molecule has 1 aliphatic heterocycles. The maximum atomic E-state index is 13.5. The number of aliphatic hydroxyl groups is 1. The summed E-state index contributed by atoms with van der Waals surface area (Å²) in [5, 5.41) is 17.7. The Balaban J connectivity index is 1.53. The third-order valence-electron chi connectivity index (χ3n) is 7.15. The predicted molar refractivity (Wildman–Crippen MR) is 146 cm³/mol. The van der Waals surface area contributed by atoms with Gasteiger partial charge >= 0.3 is 0 Å². The quantitative estimate of drug-likeness (QED) is 0.413. The molecule has 1 amide bonds. The molecular weight excluding hydrogens is 490 g/mol. The van der Waals surface area contributed by atoms with E-state index in [-0.39, 0.29) is 11.7 Å². The molecule has 1 saturated heterocycles. The molecule has 1 aliphatic carbocycles. The number of anilines is 1. The highest BCUT2D eigenvalue weighted by Gasteiger charge is 2.30. The Kier molecular flexibility index (Phi) is 9.45. The Bertz CT molecular complexity index is 1140. The van der Waals surface area contributed by atoms with Crippen LogP contribution in [0.5, 0.6) is 5.75 Å². The van der Waals surface area contributed by atoms with Crippen LogP contribution in [0.15, 0.2) is 48.5 Å². The second-order valence-electron chi connectivity index (χ2n) is 9.97. The molecule has 2 atom stereocenters. The number of ether oxygens (including phenoxy) is 1. The zero-order valence-corrected chi connectivity index (χ0v) is 22.4. The molecule has 0 radical (unpaired) electrons. The molecule has 1 heterocycles. The fourth-order valence-electron chi connectivity index (χ4n) is 5.18. The molecule has 37 heavy (non-hydrogen) atoms. The third kappa shape index (κ3) is 7.46. The van der Waals surface area contributed by atoms with Crippen molar-refractivity contribution in [1.29, 1.82) is 0 Å². The number of rotatable bonds is 11. The van der Waals surface area contributed by atoms with Crippen LogP contribution in [0.25, 0.3) is 0 Å². The van der Waals surface area contributed by atoms with Crippen molar-refractivity contribution in [1.82, 2.24) is 10.6 Å². The molecule has 202 valence electrons. The van der Waals surface area contributed by atoms with Crippen LogP contribution in [0.4, 0.5) is 5.69 Å². The van der Waals surface area contributed by atoms with Gasteiger partial charge in [0.25, 0.3) is 5.91 Å². The largest absolute Gasteiger partial charge is 0.494 e.